The Balaban J connectivity index is 1.87. The second-order valence-electron chi connectivity index (χ2n) is 7.95. The van der Waals surface area contributed by atoms with E-state index in [0.29, 0.717) is 23.5 Å². The Labute approximate surface area is 112 Å². The molecule has 0 bridgehead atoms. The van der Waals surface area contributed by atoms with Gasteiger partial charge < -0.3 is 9.47 Å². The summed E-state index contributed by atoms with van der Waals surface area (Å²) in [7, 11) is 0. The summed E-state index contributed by atoms with van der Waals surface area (Å²) in [6, 6.07) is 0. The monoisotopic (exact) mass is 254 g/mol. The molecule has 2 fully saturated rings. The third kappa shape index (κ3) is 3.27. The van der Waals surface area contributed by atoms with Crippen molar-refractivity contribution in [3.8, 4) is 0 Å². The maximum atomic E-state index is 6.03. The van der Waals surface area contributed by atoms with E-state index in [1.54, 1.807) is 0 Å². The van der Waals surface area contributed by atoms with Crippen molar-refractivity contribution in [1.29, 1.82) is 0 Å². The van der Waals surface area contributed by atoms with Crippen LogP contribution >= 0.6 is 0 Å². The number of ether oxygens (including phenoxy) is 2. The van der Waals surface area contributed by atoms with Crippen LogP contribution in [0.1, 0.15) is 60.3 Å². The third-order valence-electron chi connectivity index (χ3n) is 4.86. The molecule has 0 N–H and O–H groups in total. The molecule has 0 aromatic heterocycles. The smallest absolute Gasteiger partial charge is 0.0627 e. The third-order valence-corrected chi connectivity index (χ3v) is 4.86. The summed E-state index contributed by atoms with van der Waals surface area (Å²) in [6.07, 6.45) is 5.69. The lowest BCUT2D eigenvalue weighted by molar-refractivity contribution is -0.0174. The predicted octanol–water partition coefficient (Wildman–Crippen LogP) is 4.03. The van der Waals surface area contributed by atoms with Crippen molar-refractivity contribution < 1.29 is 9.47 Å². The summed E-state index contributed by atoms with van der Waals surface area (Å²) in [5.74, 6) is 0.711. The molecular weight excluding hydrogens is 224 g/mol. The van der Waals surface area contributed by atoms with Gasteiger partial charge >= 0.3 is 0 Å². The maximum absolute atomic E-state index is 6.03. The molecule has 0 aromatic rings. The molecule has 0 radical (unpaired) electrons. The molecule has 2 heteroatoms. The quantitative estimate of drug-likeness (QED) is 0.757. The van der Waals surface area contributed by atoms with Crippen LogP contribution in [0.5, 0.6) is 0 Å². The first-order chi connectivity index (χ1) is 8.29. The van der Waals surface area contributed by atoms with Crippen LogP contribution in [0, 0.1) is 16.7 Å². The summed E-state index contributed by atoms with van der Waals surface area (Å²) in [4.78, 5) is 0. The molecular formula is C16H30O2. The van der Waals surface area contributed by atoms with Crippen molar-refractivity contribution in [3.63, 3.8) is 0 Å². The number of hydrogen-bond acceptors (Lipinski definition) is 2. The van der Waals surface area contributed by atoms with Gasteiger partial charge in [0, 0.05) is 6.61 Å². The first-order valence-electron chi connectivity index (χ1n) is 7.52. The largest absolute Gasteiger partial charge is 0.378 e. The Morgan fingerprint density at radius 3 is 2.28 bits per heavy atom. The van der Waals surface area contributed by atoms with Crippen LogP contribution in [0.2, 0.25) is 0 Å². The molecule has 18 heavy (non-hydrogen) atoms. The van der Waals surface area contributed by atoms with Gasteiger partial charge in [-0.3, -0.25) is 0 Å². The Bertz CT molecular complexity index is 271. The van der Waals surface area contributed by atoms with E-state index in [0.717, 1.165) is 19.6 Å². The zero-order valence-corrected chi connectivity index (χ0v) is 12.8. The normalized spacial score (nSPS) is 34.2. The highest BCUT2D eigenvalue weighted by molar-refractivity contribution is 4.89. The van der Waals surface area contributed by atoms with Crippen molar-refractivity contribution in [2.24, 2.45) is 16.7 Å². The molecule has 106 valence electrons. The lowest BCUT2D eigenvalue weighted by Gasteiger charge is -2.33. The molecule has 2 saturated heterocycles. The van der Waals surface area contributed by atoms with Gasteiger partial charge in [0.05, 0.1) is 18.8 Å². The van der Waals surface area contributed by atoms with Gasteiger partial charge in [0.15, 0.2) is 0 Å². The van der Waals surface area contributed by atoms with Gasteiger partial charge in [0.2, 0.25) is 0 Å². The molecule has 3 atom stereocenters. The van der Waals surface area contributed by atoms with Crippen LogP contribution in [0.4, 0.5) is 0 Å². The summed E-state index contributed by atoms with van der Waals surface area (Å²) in [6.45, 7) is 13.6. The van der Waals surface area contributed by atoms with Gasteiger partial charge in [0.1, 0.15) is 0 Å². The van der Waals surface area contributed by atoms with E-state index in [-0.39, 0.29) is 5.41 Å². The SMILES string of the molecule is CC(C)(C)C1COC(CC(C)(C)C2CCCO2)C1. The highest BCUT2D eigenvalue weighted by Gasteiger charge is 2.40. The fourth-order valence-electron chi connectivity index (χ4n) is 3.36. The van der Waals surface area contributed by atoms with Crippen molar-refractivity contribution in [2.45, 2.75) is 72.5 Å². The molecule has 2 aliphatic rings. The van der Waals surface area contributed by atoms with Crippen LogP contribution in [0.3, 0.4) is 0 Å². The Hall–Kier alpha value is -0.0800. The molecule has 0 spiro atoms. The van der Waals surface area contributed by atoms with Gasteiger partial charge in [-0.05, 0) is 42.4 Å². The molecule has 0 aromatic carbocycles. The van der Waals surface area contributed by atoms with Gasteiger partial charge in [-0.2, -0.15) is 0 Å². The fraction of sp³-hybridized carbons (Fsp3) is 1.00. The van der Waals surface area contributed by atoms with E-state index in [1.165, 1.54) is 19.3 Å². The predicted molar refractivity (Wildman–Crippen MR) is 74.7 cm³/mol. The highest BCUT2D eigenvalue weighted by atomic mass is 16.5. The van der Waals surface area contributed by atoms with Crippen LogP contribution < -0.4 is 0 Å². The molecule has 0 amide bonds. The molecule has 2 nitrogen and oxygen atoms in total. The zero-order chi connectivity index (χ0) is 13.4. The summed E-state index contributed by atoms with van der Waals surface area (Å²) in [5.41, 5.74) is 0.636. The average molecular weight is 254 g/mol. The Kier molecular flexibility index (Phi) is 4.08. The summed E-state index contributed by atoms with van der Waals surface area (Å²) < 4.78 is 11.9. The molecule has 2 heterocycles. The molecule has 0 aliphatic carbocycles. The second-order valence-corrected chi connectivity index (χ2v) is 7.95. The minimum Gasteiger partial charge on any atom is -0.378 e. The average Bonchev–Trinajstić information content (AvgIpc) is 2.83. The van der Waals surface area contributed by atoms with E-state index < -0.39 is 0 Å². The molecule has 0 saturated carbocycles. The lowest BCUT2D eigenvalue weighted by atomic mass is 9.75. The van der Waals surface area contributed by atoms with E-state index >= 15 is 0 Å². The minimum atomic E-state index is 0.258. The van der Waals surface area contributed by atoms with E-state index in [1.807, 2.05) is 0 Å². The first kappa shape index (κ1) is 14.3. The Morgan fingerprint density at radius 1 is 1.06 bits per heavy atom. The highest BCUT2D eigenvalue weighted by Crippen LogP contribution is 2.41. The van der Waals surface area contributed by atoms with Gasteiger partial charge in [-0.15, -0.1) is 0 Å². The van der Waals surface area contributed by atoms with Gasteiger partial charge in [0.25, 0.3) is 0 Å². The minimum absolute atomic E-state index is 0.258. The van der Waals surface area contributed by atoms with Crippen LogP contribution in [-0.4, -0.2) is 25.4 Å². The molecule has 2 rings (SSSR count). The van der Waals surface area contributed by atoms with Gasteiger partial charge in [-0.1, -0.05) is 34.6 Å². The van der Waals surface area contributed by atoms with Crippen LogP contribution in [0.15, 0.2) is 0 Å². The van der Waals surface area contributed by atoms with Crippen LogP contribution in [0.25, 0.3) is 0 Å². The lowest BCUT2D eigenvalue weighted by Crippen LogP contribution is -2.32. The van der Waals surface area contributed by atoms with E-state index in [2.05, 4.69) is 34.6 Å². The van der Waals surface area contributed by atoms with Crippen molar-refractivity contribution in [2.75, 3.05) is 13.2 Å². The second kappa shape index (κ2) is 5.13. The van der Waals surface area contributed by atoms with Crippen molar-refractivity contribution in [3.05, 3.63) is 0 Å². The van der Waals surface area contributed by atoms with Crippen molar-refractivity contribution >= 4 is 0 Å². The summed E-state index contributed by atoms with van der Waals surface area (Å²) in [5, 5.41) is 0. The fourth-order valence-corrected chi connectivity index (χ4v) is 3.36. The Morgan fingerprint density at radius 2 is 1.78 bits per heavy atom. The molecule has 2 aliphatic heterocycles. The van der Waals surface area contributed by atoms with Crippen molar-refractivity contribution in [1.82, 2.24) is 0 Å². The number of rotatable bonds is 3. The number of hydrogen-bond donors (Lipinski definition) is 0. The van der Waals surface area contributed by atoms with Crippen LogP contribution in [-0.2, 0) is 9.47 Å². The van der Waals surface area contributed by atoms with Gasteiger partial charge in [-0.25, -0.2) is 0 Å². The summed E-state index contributed by atoms with van der Waals surface area (Å²) >= 11 is 0. The first-order valence-corrected chi connectivity index (χ1v) is 7.52. The zero-order valence-electron chi connectivity index (χ0n) is 12.8. The standard InChI is InChI=1S/C16H30O2/c1-15(2,3)12-9-13(18-11-12)10-16(4,5)14-7-6-8-17-14/h12-14H,6-11H2,1-5H3. The molecule has 3 unspecified atom stereocenters. The van der Waals surface area contributed by atoms with E-state index in [9.17, 15) is 0 Å². The maximum Gasteiger partial charge on any atom is 0.0627 e. The topological polar surface area (TPSA) is 18.5 Å². The van der Waals surface area contributed by atoms with E-state index in [4.69, 9.17) is 9.47 Å².